The second-order valence-corrected chi connectivity index (χ2v) is 6.16. The number of aliphatic hydroxyl groups excluding tert-OH is 1. The molecule has 0 amide bonds. The van der Waals surface area contributed by atoms with Crippen molar-refractivity contribution in [2.24, 2.45) is 11.8 Å². The number of pyridine rings is 1. The van der Waals surface area contributed by atoms with Gasteiger partial charge >= 0.3 is 0 Å². The number of aromatic nitrogens is 1. The molecule has 0 aliphatic heterocycles. The van der Waals surface area contributed by atoms with Crippen molar-refractivity contribution in [2.75, 3.05) is 24.2 Å². The van der Waals surface area contributed by atoms with Gasteiger partial charge in [0, 0.05) is 13.2 Å². The highest BCUT2D eigenvalue weighted by Crippen LogP contribution is 2.32. The fourth-order valence-electron chi connectivity index (χ4n) is 2.74. The highest BCUT2D eigenvalue weighted by molar-refractivity contribution is 9.10. The number of hydrogen-bond donors (Lipinski definition) is 3. The first-order valence-corrected chi connectivity index (χ1v) is 7.68. The third kappa shape index (κ3) is 3.39. The van der Waals surface area contributed by atoms with Crippen LogP contribution < -0.4 is 11.1 Å². The summed E-state index contributed by atoms with van der Waals surface area (Å²) in [7, 11) is 0. The summed E-state index contributed by atoms with van der Waals surface area (Å²) in [6.45, 7) is 3.13. The summed E-state index contributed by atoms with van der Waals surface area (Å²) in [6.07, 6.45) is 6.51. The number of hydrogen-bond acceptors (Lipinski definition) is 4. The summed E-state index contributed by atoms with van der Waals surface area (Å²) in [5, 5.41) is 12.8. The number of nitrogen functional groups attached to an aromatic ring is 1. The monoisotopic (exact) mass is 327 g/mol. The zero-order valence-electron chi connectivity index (χ0n) is 11.3. The van der Waals surface area contributed by atoms with Crippen LogP contribution in [0.25, 0.3) is 0 Å². The van der Waals surface area contributed by atoms with Crippen LogP contribution in [0, 0.1) is 18.8 Å². The lowest BCUT2D eigenvalue weighted by molar-refractivity contribution is 0.141. The van der Waals surface area contributed by atoms with E-state index in [1.807, 2.05) is 6.92 Å². The van der Waals surface area contributed by atoms with Crippen LogP contribution in [0.3, 0.4) is 0 Å². The van der Waals surface area contributed by atoms with Crippen molar-refractivity contribution in [2.45, 2.75) is 32.6 Å². The normalized spacial score (nSPS) is 23.3. The predicted molar refractivity (Wildman–Crippen MR) is 82.1 cm³/mol. The average Bonchev–Trinajstić information content (AvgIpc) is 2.44. The molecule has 5 heteroatoms. The summed E-state index contributed by atoms with van der Waals surface area (Å²) in [4.78, 5) is 4.33. The van der Waals surface area contributed by atoms with E-state index in [0.717, 1.165) is 28.8 Å². The van der Waals surface area contributed by atoms with Crippen LogP contribution in [0.2, 0.25) is 0 Å². The van der Waals surface area contributed by atoms with Crippen molar-refractivity contribution in [3.05, 3.63) is 16.2 Å². The molecule has 2 atom stereocenters. The summed E-state index contributed by atoms with van der Waals surface area (Å²) >= 11 is 3.53. The molecule has 1 aromatic heterocycles. The van der Waals surface area contributed by atoms with E-state index in [9.17, 15) is 5.11 Å². The molecule has 1 heterocycles. The topological polar surface area (TPSA) is 71.2 Å². The first-order valence-electron chi connectivity index (χ1n) is 6.88. The van der Waals surface area contributed by atoms with Gasteiger partial charge in [0.25, 0.3) is 0 Å². The number of rotatable bonds is 4. The van der Waals surface area contributed by atoms with Gasteiger partial charge in [-0.3, -0.25) is 0 Å². The molecule has 0 saturated heterocycles. The number of aliphatic hydroxyl groups is 1. The van der Waals surface area contributed by atoms with Gasteiger partial charge in [-0.1, -0.05) is 12.8 Å². The van der Waals surface area contributed by atoms with Crippen molar-refractivity contribution >= 4 is 27.4 Å². The van der Waals surface area contributed by atoms with E-state index < -0.39 is 0 Å². The molecule has 0 aromatic carbocycles. The zero-order valence-corrected chi connectivity index (χ0v) is 12.9. The SMILES string of the molecule is Cc1c(N)cnc(NCC2CCCCC2CO)c1Br. The number of halogens is 1. The molecule has 0 radical (unpaired) electrons. The van der Waals surface area contributed by atoms with Crippen LogP contribution in [0.1, 0.15) is 31.2 Å². The molecule has 4 N–H and O–H groups in total. The standard InChI is InChI=1S/C14H22BrN3O/c1-9-12(16)7-18-14(13(9)15)17-6-10-4-2-3-5-11(10)8-19/h7,10-11,19H,2-6,8,16H2,1H3,(H,17,18). The van der Waals surface area contributed by atoms with E-state index in [2.05, 4.69) is 26.2 Å². The van der Waals surface area contributed by atoms with Gasteiger partial charge in [-0.05, 0) is 53.1 Å². The number of anilines is 2. The Kier molecular flexibility index (Phi) is 5.05. The van der Waals surface area contributed by atoms with Gasteiger partial charge in [0.15, 0.2) is 0 Å². The second kappa shape index (κ2) is 6.57. The minimum atomic E-state index is 0.293. The van der Waals surface area contributed by atoms with E-state index in [-0.39, 0.29) is 0 Å². The fourth-order valence-corrected chi connectivity index (χ4v) is 3.21. The van der Waals surface area contributed by atoms with E-state index in [0.29, 0.717) is 24.1 Å². The Morgan fingerprint density at radius 1 is 1.42 bits per heavy atom. The largest absolute Gasteiger partial charge is 0.397 e. The maximum absolute atomic E-state index is 9.42. The molecule has 1 saturated carbocycles. The van der Waals surface area contributed by atoms with Gasteiger partial charge in [0.1, 0.15) is 5.82 Å². The maximum atomic E-state index is 9.42. The first-order chi connectivity index (χ1) is 9.13. The summed E-state index contributed by atoms with van der Waals surface area (Å²) in [5.74, 6) is 1.80. The van der Waals surface area contributed by atoms with Crippen LogP contribution in [0.4, 0.5) is 11.5 Å². The summed E-state index contributed by atoms with van der Waals surface area (Å²) in [5.41, 5.74) is 7.53. The molecule has 2 rings (SSSR count). The molecule has 1 aliphatic rings. The van der Waals surface area contributed by atoms with Crippen LogP contribution in [-0.2, 0) is 0 Å². The maximum Gasteiger partial charge on any atom is 0.140 e. The average molecular weight is 328 g/mol. The molecule has 2 unspecified atom stereocenters. The van der Waals surface area contributed by atoms with Crippen molar-refractivity contribution < 1.29 is 5.11 Å². The minimum absolute atomic E-state index is 0.293. The molecule has 1 aromatic rings. The van der Waals surface area contributed by atoms with Gasteiger partial charge in [-0.2, -0.15) is 0 Å². The summed E-state index contributed by atoms with van der Waals surface area (Å²) in [6, 6.07) is 0. The van der Waals surface area contributed by atoms with Crippen LogP contribution in [0.5, 0.6) is 0 Å². The Hall–Kier alpha value is -0.810. The molecule has 4 nitrogen and oxygen atoms in total. The molecule has 106 valence electrons. The smallest absolute Gasteiger partial charge is 0.140 e. The lowest BCUT2D eigenvalue weighted by Crippen LogP contribution is -2.29. The quantitative estimate of drug-likeness (QED) is 0.795. The number of nitrogens with two attached hydrogens (primary N) is 1. The minimum Gasteiger partial charge on any atom is -0.397 e. The Balaban J connectivity index is 2.00. The molecular weight excluding hydrogens is 306 g/mol. The van der Waals surface area contributed by atoms with Crippen molar-refractivity contribution in [1.82, 2.24) is 4.98 Å². The van der Waals surface area contributed by atoms with Gasteiger partial charge < -0.3 is 16.2 Å². The van der Waals surface area contributed by atoms with Gasteiger partial charge in [-0.15, -0.1) is 0 Å². The third-order valence-electron chi connectivity index (χ3n) is 4.14. The van der Waals surface area contributed by atoms with E-state index in [4.69, 9.17) is 5.73 Å². The zero-order chi connectivity index (χ0) is 13.8. The van der Waals surface area contributed by atoms with Gasteiger partial charge in [-0.25, -0.2) is 4.98 Å². The highest BCUT2D eigenvalue weighted by atomic mass is 79.9. The van der Waals surface area contributed by atoms with Crippen LogP contribution in [-0.4, -0.2) is 23.2 Å². The predicted octanol–water partition coefficient (Wildman–Crippen LogP) is 2.95. The molecule has 0 bridgehead atoms. The number of nitrogens with zero attached hydrogens (tertiary/aromatic N) is 1. The van der Waals surface area contributed by atoms with Crippen molar-refractivity contribution in [3.63, 3.8) is 0 Å². The second-order valence-electron chi connectivity index (χ2n) is 5.37. The molecule has 0 spiro atoms. The van der Waals surface area contributed by atoms with Crippen LogP contribution in [0.15, 0.2) is 10.7 Å². The Morgan fingerprint density at radius 3 is 2.79 bits per heavy atom. The molecule has 1 fully saturated rings. The van der Waals surface area contributed by atoms with E-state index in [1.54, 1.807) is 6.20 Å². The Morgan fingerprint density at radius 2 is 2.11 bits per heavy atom. The Labute approximate surface area is 122 Å². The van der Waals surface area contributed by atoms with Gasteiger partial charge in [0.05, 0.1) is 16.4 Å². The third-order valence-corrected chi connectivity index (χ3v) is 5.11. The summed E-state index contributed by atoms with van der Waals surface area (Å²) < 4.78 is 0.934. The Bertz CT molecular complexity index is 439. The lowest BCUT2D eigenvalue weighted by Gasteiger charge is -2.30. The highest BCUT2D eigenvalue weighted by Gasteiger charge is 2.24. The van der Waals surface area contributed by atoms with Gasteiger partial charge in [0.2, 0.25) is 0 Å². The molecule has 1 aliphatic carbocycles. The van der Waals surface area contributed by atoms with Crippen molar-refractivity contribution in [1.29, 1.82) is 0 Å². The van der Waals surface area contributed by atoms with E-state index in [1.165, 1.54) is 19.3 Å². The molecular formula is C14H22BrN3O. The lowest BCUT2D eigenvalue weighted by atomic mass is 9.79. The van der Waals surface area contributed by atoms with Crippen LogP contribution >= 0.6 is 15.9 Å². The first kappa shape index (κ1) is 14.6. The van der Waals surface area contributed by atoms with Crippen molar-refractivity contribution in [3.8, 4) is 0 Å². The fraction of sp³-hybridized carbons (Fsp3) is 0.643. The molecule has 19 heavy (non-hydrogen) atoms. The van der Waals surface area contributed by atoms with E-state index >= 15 is 0 Å². The number of nitrogens with one attached hydrogen (secondary N) is 1.